The highest BCUT2D eigenvalue weighted by atomic mass is 32.2. The predicted octanol–water partition coefficient (Wildman–Crippen LogP) is 7.96. The first-order valence-corrected chi connectivity index (χ1v) is 17.9. The van der Waals surface area contributed by atoms with Crippen LogP contribution in [0.2, 0.25) is 0 Å². The molecule has 4 N–H and O–H groups in total. The van der Waals surface area contributed by atoms with Crippen molar-refractivity contribution >= 4 is 23.6 Å². The van der Waals surface area contributed by atoms with Gasteiger partial charge in [-0.15, -0.1) is 0 Å². The van der Waals surface area contributed by atoms with Crippen LogP contribution in [-0.4, -0.2) is 60.8 Å². The molecule has 252 valence electrons. The minimum atomic E-state index is -0.273. The minimum Gasteiger partial charge on any atom is -0.507 e. The number of phenols is 2. The Morgan fingerprint density at radius 3 is 1.44 bits per heavy atom. The Balaban J connectivity index is 1.89. The van der Waals surface area contributed by atoms with Gasteiger partial charge in [-0.05, 0) is 73.3 Å². The SMILES string of the molecule is CCCCCCC(CCNC(=O)c1ccc(OC)cc1O)CSCC(CCCCCC)CCNC(=O)c1ccc(OC)cc1O. The topological polar surface area (TPSA) is 117 Å². The van der Waals surface area contributed by atoms with Crippen molar-refractivity contribution in [3.8, 4) is 23.0 Å². The van der Waals surface area contributed by atoms with Gasteiger partial charge in [0.05, 0.1) is 25.3 Å². The first-order chi connectivity index (χ1) is 21.8. The number of aromatic hydroxyl groups is 2. The van der Waals surface area contributed by atoms with E-state index in [4.69, 9.17) is 9.47 Å². The number of hydrogen-bond acceptors (Lipinski definition) is 7. The number of thioether (sulfide) groups is 1. The van der Waals surface area contributed by atoms with Crippen molar-refractivity contribution in [3.63, 3.8) is 0 Å². The number of benzene rings is 2. The fourth-order valence-electron chi connectivity index (χ4n) is 5.37. The molecule has 9 heteroatoms. The predicted molar refractivity (Wildman–Crippen MR) is 185 cm³/mol. The van der Waals surface area contributed by atoms with Crippen LogP contribution >= 0.6 is 11.8 Å². The van der Waals surface area contributed by atoms with Crippen LogP contribution in [0.15, 0.2) is 36.4 Å². The number of phenolic OH excluding ortho intramolecular Hbond substituents is 2. The van der Waals surface area contributed by atoms with Crippen molar-refractivity contribution in [3.05, 3.63) is 47.5 Å². The van der Waals surface area contributed by atoms with Gasteiger partial charge in [-0.25, -0.2) is 0 Å². The molecule has 0 radical (unpaired) electrons. The molecule has 45 heavy (non-hydrogen) atoms. The summed E-state index contributed by atoms with van der Waals surface area (Å²) in [7, 11) is 3.05. The Bertz CT molecular complexity index is 1060. The summed E-state index contributed by atoms with van der Waals surface area (Å²) in [6.45, 7) is 5.57. The maximum absolute atomic E-state index is 12.7. The average Bonchev–Trinajstić information content (AvgIpc) is 3.04. The van der Waals surface area contributed by atoms with Crippen LogP contribution < -0.4 is 20.1 Å². The zero-order valence-corrected chi connectivity index (χ0v) is 28.7. The summed E-state index contributed by atoms with van der Waals surface area (Å²) in [6.07, 6.45) is 13.8. The molecule has 0 aliphatic heterocycles. The minimum absolute atomic E-state index is 0.0829. The maximum Gasteiger partial charge on any atom is 0.255 e. The lowest BCUT2D eigenvalue weighted by molar-refractivity contribution is 0.0940. The zero-order valence-electron chi connectivity index (χ0n) is 27.9. The molecular weight excluding hydrogens is 588 g/mol. The third-order valence-corrected chi connectivity index (χ3v) is 9.63. The summed E-state index contributed by atoms with van der Waals surface area (Å²) in [5.74, 6) is 3.37. The van der Waals surface area contributed by atoms with Crippen LogP contribution in [0.1, 0.15) is 112 Å². The Morgan fingerprint density at radius 1 is 0.667 bits per heavy atom. The second-order valence-corrected chi connectivity index (χ2v) is 12.9. The van der Waals surface area contributed by atoms with Gasteiger partial charge in [-0.1, -0.05) is 65.2 Å². The van der Waals surface area contributed by atoms with Crippen LogP contribution in [-0.2, 0) is 0 Å². The van der Waals surface area contributed by atoms with E-state index in [1.54, 1.807) is 24.3 Å². The molecule has 0 aliphatic carbocycles. The number of rotatable bonds is 24. The van der Waals surface area contributed by atoms with Gasteiger partial charge in [0.15, 0.2) is 0 Å². The number of unbranched alkanes of at least 4 members (excludes halogenated alkanes) is 6. The van der Waals surface area contributed by atoms with Crippen LogP contribution in [0.4, 0.5) is 0 Å². The third kappa shape index (κ3) is 14.7. The highest BCUT2D eigenvalue weighted by Crippen LogP contribution is 2.27. The second kappa shape index (κ2) is 22.4. The summed E-state index contributed by atoms with van der Waals surface area (Å²) in [4.78, 5) is 25.4. The number of nitrogens with one attached hydrogen (secondary N) is 2. The van der Waals surface area contributed by atoms with Crippen molar-refractivity contribution in [2.45, 2.75) is 90.9 Å². The molecule has 2 rings (SSSR count). The lowest BCUT2D eigenvalue weighted by Gasteiger charge is -2.21. The summed E-state index contributed by atoms with van der Waals surface area (Å²) in [5.41, 5.74) is 0.509. The van der Waals surface area contributed by atoms with Crippen molar-refractivity contribution in [1.82, 2.24) is 10.6 Å². The lowest BCUT2D eigenvalue weighted by Crippen LogP contribution is -2.27. The Kier molecular flexibility index (Phi) is 19.0. The van der Waals surface area contributed by atoms with Crippen LogP contribution in [0.3, 0.4) is 0 Å². The fraction of sp³-hybridized carbons (Fsp3) is 0.611. The third-order valence-electron chi connectivity index (χ3n) is 8.21. The van der Waals surface area contributed by atoms with E-state index in [9.17, 15) is 19.8 Å². The smallest absolute Gasteiger partial charge is 0.255 e. The van der Waals surface area contributed by atoms with E-state index in [1.807, 2.05) is 11.8 Å². The molecule has 0 aliphatic rings. The van der Waals surface area contributed by atoms with E-state index in [-0.39, 0.29) is 34.4 Å². The molecule has 0 heterocycles. The van der Waals surface area contributed by atoms with Gasteiger partial charge in [0.2, 0.25) is 0 Å². The summed E-state index contributed by atoms with van der Waals surface area (Å²) >= 11 is 1.99. The molecule has 2 aromatic carbocycles. The molecule has 8 nitrogen and oxygen atoms in total. The largest absolute Gasteiger partial charge is 0.507 e. The summed E-state index contributed by atoms with van der Waals surface area (Å²) < 4.78 is 10.2. The molecule has 2 amide bonds. The number of methoxy groups -OCH3 is 2. The van der Waals surface area contributed by atoms with Crippen molar-refractivity contribution in [1.29, 1.82) is 0 Å². The second-order valence-electron chi connectivity index (χ2n) is 11.8. The van der Waals surface area contributed by atoms with E-state index in [2.05, 4.69) is 24.5 Å². The van der Waals surface area contributed by atoms with E-state index >= 15 is 0 Å². The normalized spacial score (nSPS) is 12.4. The van der Waals surface area contributed by atoms with Crippen molar-refractivity contribution in [2.24, 2.45) is 11.8 Å². The average molecular weight is 645 g/mol. The summed E-state index contributed by atoms with van der Waals surface area (Å²) in [5, 5.41) is 26.4. The van der Waals surface area contributed by atoms with E-state index in [1.165, 1.54) is 77.7 Å². The van der Waals surface area contributed by atoms with Crippen LogP contribution in [0.25, 0.3) is 0 Å². The number of amides is 2. The molecule has 0 aromatic heterocycles. The quantitative estimate of drug-likeness (QED) is 0.0857. The highest BCUT2D eigenvalue weighted by Gasteiger charge is 2.17. The van der Waals surface area contributed by atoms with Gasteiger partial charge < -0.3 is 30.3 Å². The Morgan fingerprint density at radius 2 is 1.09 bits per heavy atom. The molecular formula is C36H56N2O6S. The zero-order chi connectivity index (χ0) is 32.9. The van der Waals surface area contributed by atoms with Gasteiger partial charge in [0, 0.05) is 25.2 Å². The number of carbonyl (C=O) groups is 2. The van der Waals surface area contributed by atoms with E-state index < -0.39 is 0 Å². The van der Waals surface area contributed by atoms with E-state index in [0.717, 1.165) is 37.2 Å². The number of ether oxygens (including phenoxy) is 2. The maximum atomic E-state index is 12.7. The van der Waals surface area contributed by atoms with Gasteiger partial charge in [-0.3, -0.25) is 9.59 Å². The van der Waals surface area contributed by atoms with Gasteiger partial charge in [0.1, 0.15) is 23.0 Å². The molecule has 0 saturated heterocycles. The van der Waals surface area contributed by atoms with Crippen LogP contribution in [0.5, 0.6) is 23.0 Å². The monoisotopic (exact) mass is 644 g/mol. The molecule has 2 unspecified atom stereocenters. The highest BCUT2D eigenvalue weighted by molar-refractivity contribution is 7.99. The lowest BCUT2D eigenvalue weighted by atomic mass is 9.99. The molecule has 0 saturated carbocycles. The molecule has 0 bridgehead atoms. The molecule has 0 fully saturated rings. The van der Waals surface area contributed by atoms with Gasteiger partial charge in [0.25, 0.3) is 11.8 Å². The Labute approximate surface area is 275 Å². The fourth-order valence-corrected chi connectivity index (χ4v) is 6.84. The van der Waals surface area contributed by atoms with Crippen LogP contribution in [0, 0.1) is 11.8 Å². The first kappa shape index (κ1) is 38.1. The van der Waals surface area contributed by atoms with Crippen molar-refractivity contribution in [2.75, 3.05) is 38.8 Å². The molecule has 2 aromatic rings. The first-order valence-electron chi connectivity index (χ1n) is 16.7. The number of hydrogen-bond donors (Lipinski definition) is 4. The van der Waals surface area contributed by atoms with Gasteiger partial charge in [-0.2, -0.15) is 11.8 Å². The molecule has 0 spiro atoms. The summed E-state index contributed by atoms with van der Waals surface area (Å²) in [6, 6.07) is 9.43. The molecule has 2 atom stereocenters. The van der Waals surface area contributed by atoms with E-state index in [0.29, 0.717) is 36.4 Å². The van der Waals surface area contributed by atoms with Gasteiger partial charge >= 0.3 is 0 Å². The Hall–Kier alpha value is -3.07. The standard InChI is InChI=1S/C36H56N2O6S/c1-5-7-9-11-13-27(19-21-37-35(41)31-17-15-29(43-3)23-33(31)39)25-45-26-28(14-12-10-8-6-2)20-22-38-36(42)32-18-16-30(44-4)24-34(32)40/h15-18,23-24,27-28,39-40H,5-14,19-22,25-26H2,1-4H3,(H,37,41)(H,38,42). The van der Waals surface area contributed by atoms with Crippen molar-refractivity contribution < 1.29 is 29.3 Å². The number of carbonyl (C=O) groups excluding carboxylic acids is 2.